The first-order valence-electron chi connectivity index (χ1n) is 7.48. The Balaban J connectivity index is 1.87. The number of nitrogens with two attached hydrogens (primary N) is 1. The maximum absolute atomic E-state index is 6.03. The Labute approximate surface area is 132 Å². The molecule has 1 saturated heterocycles. The summed E-state index contributed by atoms with van der Waals surface area (Å²) in [4.78, 5) is 3.56. The van der Waals surface area contributed by atoms with E-state index < -0.39 is 0 Å². The maximum atomic E-state index is 6.03. The quantitative estimate of drug-likeness (QED) is 0.647. The summed E-state index contributed by atoms with van der Waals surface area (Å²) in [6, 6.07) is 5.78. The normalized spacial score (nSPS) is 19.9. The van der Waals surface area contributed by atoms with E-state index in [1.54, 1.807) is 18.9 Å². The second-order valence-corrected chi connectivity index (χ2v) is 6.92. The number of morpholine rings is 1. The highest BCUT2D eigenvalue weighted by Gasteiger charge is 2.21. The van der Waals surface area contributed by atoms with E-state index in [0.717, 1.165) is 48.3 Å². The maximum Gasteiger partial charge on any atom is 0.120 e. The zero-order valence-electron chi connectivity index (χ0n) is 13.2. The number of rotatable bonds is 6. The summed E-state index contributed by atoms with van der Waals surface area (Å²) < 4.78 is 11.1. The Kier molecular flexibility index (Phi) is 6.21. The summed E-state index contributed by atoms with van der Waals surface area (Å²) in [6.07, 6.45) is 0.271. The molecule has 5 heteroatoms. The number of ether oxygens (including phenoxy) is 2. The largest absolute Gasteiger partial charge is 0.497 e. The molecular formula is C16H26N2O2S. The summed E-state index contributed by atoms with van der Waals surface area (Å²) in [5.74, 6) is 2.47. The first-order valence-corrected chi connectivity index (χ1v) is 8.47. The monoisotopic (exact) mass is 310 g/mol. The van der Waals surface area contributed by atoms with Gasteiger partial charge in [0.05, 0.1) is 19.8 Å². The van der Waals surface area contributed by atoms with Gasteiger partial charge in [-0.15, -0.1) is 11.8 Å². The minimum absolute atomic E-state index is 0.271. The van der Waals surface area contributed by atoms with Gasteiger partial charge in [-0.25, -0.2) is 0 Å². The molecular weight excluding hydrogens is 284 g/mol. The van der Waals surface area contributed by atoms with Gasteiger partial charge >= 0.3 is 0 Å². The van der Waals surface area contributed by atoms with Crippen LogP contribution in [0.1, 0.15) is 13.8 Å². The van der Waals surface area contributed by atoms with E-state index in [4.69, 9.17) is 15.2 Å². The Hall–Kier alpha value is -0.910. The summed E-state index contributed by atoms with van der Waals surface area (Å²) in [7, 11) is 1.67. The first kappa shape index (κ1) is 16.5. The van der Waals surface area contributed by atoms with Crippen molar-refractivity contribution in [3.05, 3.63) is 18.2 Å². The average molecular weight is 310 g/mol. The molecule has 1 aliphatic heterocycles. The highest BCUT2D eigenvalue weighted by Crippen LogP contribution is 2.30. The van der Waals surface area contributed by atoms with Crippen LogP contribution >= 0.6 is 11.8 Å². The number of nitrogens with zero attached hydrogens (tertiary/aromatic N) is 1. The Bertz CT molecular complexity index is 454. The van der Waals surface area contributed by atoms with Gasteiger partial charge in [0.15, 0.2) is 0 Å². The standard InChI is InChI=1S/C16H26N2O2S/c1-12(2)9-18-6-7-20-14(10-18)11-21-16-8-13(19-3)4-5-15(16)17/h4-5,8,12,14H,6-7,9-11,17H2,1-3H3. The zero-order chi connectivity index (χ0) is 15.2. The molecule has 0 amide bonds. The molecule has 1 fully saturated rings. The van der Waals surface area contributed by atoms with Crippen molar-refractivity contribution < 1.29 is 9.47 Å². The Morgan fingerprint density at radius 1 is 1.48 bits per heavy atom. The molecule has 1 aromatic rings. The van der Waals surface area contributed by atoms with Crippen LogP contribution in [0, 0.1) is 5.92 Å². The van der Waals surface area contributed by atoms with Gasteiger partial charge in [-0.3, -0.25) is 4.90 Å². The molecule has 1 aromatic carbocycles. The van der Waals surface area contributed by atoms with Crippen LogP contribution in [0.2, 0.25) is 0 Å². The molecule has 1 aliphatic rings. The number of methoxy groups -OCH3 is 1. The number of hydrogen-bond acceptors (Lipinski definition) is 5. The zero-order valence-corrected chi connectivity index (χ0v) is 14.0. The van der Waals surface area contributed by atoms with Crippen molar-refractivity contribution in [3.63, 3.8) is 0 Å². The highest BCUT2D eigenvalue weighted by atomic mass is 32.2. The molecule has 0 bridgehead atoms. The van der Waals surface area contributed by atoms with Crippen molar-refractivity contribution in [2.45, 2.75) is 24.8 Å². The van der Waals surface area contributed by atoms with E-state index in [1.807, 2.05) is 18.2 Å². The number of benzene rings is 1. The topological polar surface area (TPSA) is 47.7 Å². The van der Waals surface area contributed by atoms with Crippen LogP contribution in [0.3, 0.4) is 0 Å². The van der Waals surface area contributed by atoms with Gasteiger partial charge in [0.2, 0.25) is 0 Å². The lowest BCUT2D eigenvalue weighted by Crippen LogP contribution is -2.44. The van der Waals surface area contributed by atoms with E-state index >= 15 is 0 Å². The van der Waals surface area contributed by atoms with Crippen molar-refractivity contribution >= 4 is 17.4 Å². The molecule has 2 N–H and O–H groups in total. The van der Waals surface area contributed by atoms with Crippen LogP contribution in [-0.2, 0) is 4.74 Å². The van der Waals surface area contributed by atoms with Gasteiger partial charge in [-0.05, 0) is 24.1 Å². The lowest BCUT2D eigenvalue weighted by atomic mass is 10.2. The van der Waals surface area contributed by atoms with Crippen LogP contribution in [0.15, 0.2) is 23.1 Å². The third-order valence-electron chi connectivity index (χ3n) is 3.49. The van der Waals surface area contributed by atoms with Crippen molar-refractivity contribution in [1.82, 2.24) is 4.90 Å². The van der Waals surface area contributed by atoms with Gasteiger partial charge in [0.1, 0.15) is 5.75 Å². The predicted molar refractivity (Wildman–Crippen MR) is 89.1 cm³/mol. The average Bonchev–Trinajstić information content (AvgIpc) is 2.46. The number of anilines is 1. The van der Waals surface area contributed by atoms with Crippen molar-refractivity contribution in [3.8, 4) is 5.75 Å². The van der Waals surface area contributed by atoms with Crippen LogP contribution in [-0.4, -0.2) is 50.1 Å². The van der Waals surface area contributed by atoms with Gasteiger partial charge in [0.25, 0.3) is 0 Å². The molecule has 0 aliphatic carbocycles. The predicted octanol–water partition coefficient (Wildman–Crippen LogP) is 2.73. The fourth-order valence-electron chi connectivity index (χ4n) is 2.51. The molecule has 0 spiro atoms. The van der Waals surface area contributed by atoms with Crippen molar-refractivity contribution in [2.24, 2.45) is 5.92 Å². The Morgan fingerprint density at radius 3 is 3.00 bits per heavy atom. The smallest absolute Gasteiger partial charge is 0.120 e. The lowest BCUT2D eigenvalue weighted by Gasteiger charge is -2.33. The van der Waals surface area contributed by atoms with E-state index in [-0.39, 0.29) is 6.10 Å². The molecule has 1 heterocycles. The minimum Gasteiger partial charge on any atom is -0.497 e. The first-order chi connectivity index (χ1) is 10.1. The minimum atomic E-state index is 0.271. The molecule has 118 valence electrons. The SMILES string of the molecule is COc1ccc(N)c(SCC2CN(CC(C)C)CCO2)c1. The van der Waals surface area contributed by atoms with Crippen LogP contribution in [0.5, 0.6) is 5.75 Å². The lowest BCUT2D eigenvalue weighted by molar-refractivity contribution is -0.0191. The molecule has 1 unspecified atom stereocenters. The van der Waals surface area contributed by atoms with Gasteiger partial charge in [-0.1, -0.05) is 13.8 Å². The van der Waals surface area contributed by atoms with Gasteiger partial charge < -0.3 is 15.2 Å². The summed E-state index contributed by atoms with van der Waals surface area (Å²) in [5.41, 5.74) is 6.83. The van der Waals surface area contributed by atoms with E-state index in [9.17, 15) is 0 Å². The summed E-state index contributed by atoms with van der Waals surface area (Å²) >= 11 is 1.75. The molecule has 21 heavy (non-hydrogen) atoms. The Morgan fingerprint density at radius 2 is 2.29 bits per heavy atom. The second kappa shape index (κ2) is 7.92. The molecule has 0 aromatic heterocycles. The van der Waals surface area contributed by atoms with Crippen LogP contribution in [0.4, 0.5) is 5.69 Å². The molecule has 0 saturated carbocycles. The fourth-order valence-corrected chi connectivity index (χ4v) is 3.51. The molecule has 4 nitrogen and oxygen atoms in total. The summed E-state index contributed by atoms with van der Waals surface area (Å²) in [5, 5.41) is 0. The number of hydrogen-bond donors (Lipinski definition) is 1. The number of thioether (sulfide) groups is 1. The highest BCUT2D eigenvalue weighted by molar-refractivity contribution is 7.99. The fraction of sp³-hybridized carbons (Fsp3) is 0.625. The van der Waals surface area contributed by atoms with Crippen LogP contribution < -0.4 is 10.5 Å². The number of nitrogen functional groups attached to an aromatic ring is 1. The van der Waals surface area contributed by atoms with E-state index in [1.165, 1.54) is 0 Å². The molecule has 2 rings (SSSR count). The third kappa shape index (κ3) is 5.09. The van der Waals surface area contributed by atoms with Crippen molar-refractivity contribution in [1.29, 1.82) is 0 Å². The van der Waals surface area contributed by atoms with Crippen LogP contribution in [0.25, 0.3) is 0 Å². The van der Waals surface area contributed by atoms with E-state index in [2.05, 4.69) is 18.7 Å². The third-order valence-corrected chi connectivity index (χ3v) is 4.69. The summed E-state index contributed by atoms with van der Waals surface area (Å²) in [6.45, 7) is 8.54. The molecule has 1 atom stereocenters. The molecule has 0 radical (unpaired) electrons. The second-order valence-electron chi connectivity index (χ2n) is 5.86. The van der Waals surface area contributed by atoms with E-state index in [0.29, 0.717) is 5.92 Å². The van der Waals surface area contributed by atoms with Crippen molar-refractivity contribution in [2.75, 3.05) is 44.8 Å². The van der Waals surface area contributed by atoms with Gasteiger partial charge in [-0.2, -0.15) is 0 Å². The van der Waals surface area contributed by atoms with Gasteiger partial charge in [0, 0.05) is 36.0 Å².